The average Bonchev–Trinajstić information content (AvgIpc) is 3.39. The molecule has 1 amide bonds. The number of hydrogen-bond donors (Lipinski definition) is 2. The van der Waals surface area contributed by atoms with Crippen LogP contribution in [0.4, 0.5) is 17.6 Å². The maximum Gasteiger partial charge on any atom is 0.417 e. The zero-order valence-electron chi connectivity index (χ0n) is 27.2. The van der Waals surface area contributed by atoms with Crippen molar-refractivity contribution in [2.75, 3.05) is 13.1 Å². The van der Waals surface area contributed by atoms with Gasteiger partial charge in [0.25, 0.3) is 11.5 Å². The van der Waals surface area contributed by atoms with Crippen molar-refractivity contribution in [2.24, 2.45) is 12.5 Å². The highest BCUT2D eigenvalue weighted by Crippen LogP contribution is 2.42. The van der Waals surface area contributed by atoms with E-state index in [2.05, 4.69) is 24.1 Å². The van der Waals surface area contributed by atoms with Gasteiger partial charge in [-0.1, -0.05) is 80.6 Å². The number of carboxylic acids is 1. The predicted octanol–water partition coefficient (Wildman–Crippen LogP) is 7.17. The molecule has 0 spiro atoms. The van der Waals surface area contributed by atoms with E-state index in [1.165, 1.54) is 48.0 Å². The van der Waals surface area contributed by atoms with Crippen molar-refractivity contribution in [3.05, 3.63) is 117 Å². The topological polar surface area (TPSA) is 91.6 Å². The summed E-state index contributed by atoms with van der Waals surface area (Å²) >= 11 is 0. The minimum Gasteiger partial charge on any atom is -0.480 e. The fraction of sp³-hybridized carbons (Fsp3) is 0.289. The first-order valence-electron chi connectivity index (χ1n) is 15.9. The summed E-state index contributed by atoms with van der Waals surface area (Å²) < 4.78 is 60.4. The monoisotopic (exact) mass is 673 g/mol. The van der Waals surface area contributed by atoms with Crippen LogP contribution in [0.5, 0.6) is 0 Å². The van der Waals surface area contributed by atoms with Gasteiger partial charge in [0.15, 0.2) is 0 Å². The van der Waals surface area contributed by atoms with E-state index >= 15 is 4.39 Å². The van der Waals surface area contributed by atoms with Crippen molar-refractivity contribution in [3.63, 3.8) is 0 Å². The number of alkyl halides is 3. The lowest BCUT2D eigenvalue weighted by molar-refractivity contribution is -0.139. The molecule has 1 saturated heterocycles. The van der Waals surface area contributed by atoms with Crippen molar-refractivity contribution in [2.45, 2.75) is 45.5 Å². The first-order chi connectivity index (χ1) is 23.2. The number of fused-ring (bicyclic) bond motifs is 2. The van der Waals surface area contributed by atoms with Gasteiger partial charge in [0.05, 0.1) is 22.2 Å². The Kier molecular flexibility index (Phi) is 8.83. The summed E-state index contributed by atoms with van der Waals surface area (Å²) in [4.78, 5) is 41.7. The molecular formula is C38H35F4N3O4. The molecule has 0 radical (unpaired) electrons. The number of carbonyl (C=O) groups is 2. The number of carboxylic acid groups (broad SMARTS) is 1. The molecule has 2 N–H and O–H groups in total. The first-order valence-corrected chi connectivity index (χ1v) is 15.9. The van der Waals surface area contributed by atoms with Crippen LogP contribution >= 0.6 is 0 Å². The summed E-state index contributed by atoms with van der Waals surface area (Å²) in [6.45, 7) is 6.14. The standard InChI is InChI=1S/C38H35F4N3O4/c1-37(2)17-18-45(21-37)20-23-10-7-15-28(39)31(23)34(46)43-29(36(48)49)19-22-9-6-13-25-24(22)12-8-14-26(25)32-33(38(40,41)42)27-11-4-5-16-30(27)44(3)35(32)47/h4-16,29H,17-21H2,1-3H3,(H,43,46)(H,48,49)/t29-/m0/s1. The van der Waals surface area contributed by atoms with Crippen LogP contribution in [0.1, 0.15) is 47.3 Å². The number of likely N-dealkylation sites (tertiary alicyclic amines) is 1. The van der Waals surface area contributed by atoms with Gasteiger partial charge in [-0.25, -0.2) is 9.18 Å². The Bertz CT molecular complexity index is 2170. The molecule has 7 nitrogen and oxygen atoms in total. The minimum atomic E-state index is -4.86. The molecule has 49 heavy (non-hydrogen) atoms. The van der Waals surface area contributed by atoms with Gasteiger partial charge in [0, 0.05) is 31.9 Å². The van der Waals surface area contributed by atoms with Gasteiger partial charge < -0.3 is 15.0 Å². The van der Waals surface area contributed by atoms with E-state index < -0.39 is 46.6 Å². The predicted molar refractivity (Wildman–Crippen MR) is 180 cm³/mol. The third-order valence-electron chi connectivity index (χ3n) is 9.37. The number of nitrogens with zero attached hydrogens (tertiary/aromatic N) is 2. The Hall–Kier alpha value is -5.03. The van der Waals surface area contributed by atoms with Crippen LogP contribution in [-0.2, 0) is 31.0 Å². The van der Waals surface area contributed by atoms with Crippen molar-refractivity contribution in [1.82, 2.24) is 14.8 Å². The average molecular weight is 674 g/mol. The third-order valence-corrected chi connectivity index (χ3v) is 9.37. The van der Waals surface area contributed by atoms with Gasteiger partial charge in [-0.05, 0) is 58.0 Å². The van der Waals surface area contributed by atoms with Crippen LogP contribution in [0, 0.1) is 11.2 Å². The number of aliphatic carboxylic acids is 1. The van der Waals surface area contributed by atoms with E-state index in [1.54, 1.807) is 36.4 Å². The zero-order valence-corrected chi connectivity index (χ0v) is 27.2. The van der Waals surface area contributed by atoms with E-state index in [0.29, 0.717) is 28.4 Å². The van der Waals surface area contributed by atoms with Crippen LogP contribution in [0.3, 0.4) is 0 Å². The summed E-state index contributed by atoms with van der Waals surface area (Å²) in [6.07, 6.45) is -4.17. The Labute approximate surface area is 279 Å². The molecule has 1 aliphatic rings. The lowest BCUT2D eigenvalue weighted by Gasteiger charge is -2.22. The first kappa shape index (κ1) is 33.9. The number of aryl methyl sites for hydroxylation is 1. The molecular weight excluding hydrogens is 638 g/mol. The van der Waals surface area contributed by atoms with Gasteiger partial charge in [0.1, 0.15) is 11.9 Å². The molecule has 0 aliphatic carbocycles. The van der Waals surface area contributed by atoms with E-state index in [4.69, 9.17) is 0 Å². The molecule has 5 aromatic rings. The molecule has 0 saturated carbocycles. The Morgan fingerprint density at radius 1 is 0.918 bits per heavy atom. The quantitative estimate of drug-likeness (QED) is 0.171. The fourth-order valence-electron chi connectivity index (χ4n) is 7.02. The highest BCUT2D eigenvalue weighted by atomic mass is 19.4. The number of amides is 1. The molecule has 6 rings (SSSR count). The number of nitrogens with one attached hydrogen (secondary N) is 1. The van der Waals surface area contributed by atoms with Gasteiger partial charge >= 0.3 is 12.1 Å². The Morgan fingerprint density at radius 2 is 1.57 bits per heavy atom. The SMILES string of the molecule is Cn1c(=O)c(-c2cccc3c(C[C@H](NC(=O)c4c(F)cccc4CN4CCC(C)(C)C4)C(=O)O)cccc23)c(C(F)(F)F)c2ccccc21. The molecule has 0 unspecified atom stereocenters. The largest absolute Gasteiger partial charge is 0.480 e. The Balaban J connectivity index is 1.38. The van der Waals surface area contributed by atoms with Crippen LogP contribution in [-0.4, -0.2) is 45.6 Å². The number of benzene rings is 4. The smallest absolute Gasteiger partial charge is 0.417 e. The number of hydrogen-bond acceptors (Lipinski definition) is 4. The van der Waals surface area contributed by atoms with Crippen molar-refractivity contribution in [1.29, 1.82) is 0 Å². The molecule has 1 atom stereocenters. The highest BCUT2D eigenvalue weighted by Gasteiger charge is 2.38. The molecule has 11 heteroatoms. The second kappa shape index (κ2) is 12.8. The lowest BCUT2D eigenvalue weighted by atomic mass is 9.90. The summed E-state index contributed by atoms with van der Waals surface area (Å²) in [6, 6.07) is 17.9. The summed E-state index contributed by atoms with van der Waals surface area (Å²) in [5.74, 6) is -3.03. The zero-order chi connectivity index (χ0) is 35.2. The number of pyridine rings is 1. The van der Waals surface area contributed by atoms with Crippen LogP contribution in [0.15, 0.2) is 83.7 Å². The third kappa shape index (κ3) is 6.55. The molecule has 0 bridgehead atoms. The van der Waals surface area contributed by atoms with Crippen molar-refractivity contribution < 1.29 is 32.3 Å². The fourth-order valence-corrected chi connectivity index (χ4v) is 7.02. The van der Waals surface area contributed by atoms with E-state index in [1.807, 2.05) is 0 Å². The van der Waals surface area contributed by atoms with E-state index in [0.717, 1.165) is 25.6 Å². The lowest BCUT2D eigenvalue weighted by Crippen LogP contribution is -2.43. The highest BCUT2D eigenvalue weighted by molar-refractivity contribution is 6.02. The van der Waals surface area contributed by atoms with Crippen LogP contribution < -0.4 is 10.9 Å². The number of halogens is 4. The van der Waals surface area contributed by atoms with Crippen LogP contribution in [0.2, 0.25) is 0 Å². The summed E-state index contributed by atoms with van der Waals surface area (Å²) in [5, 5.41) is 13.2. The van der Waals surface area contributed by atoms with Gasteiger partial charge in [-0.2, -0.15) is 13.2 Å². The Morgan fingerprint density at radius 3 is 2.27 bits per heavy atom. The number of carbonyl (C=O) groups excluding carboxylic acids is 1. The normalized spacial score (nSPS) is 15.5. The summed E-state index contributed by atoms with van der Waals surface area (Å²) in [7, 11) is 1.41. The van der Waals surface area contributed by atoms with Gasteiger partial charge in [0.2, 0.25) is 0 Å². The van der Waals surface area contributed by atoms with E-state index in [9.17, 15) is 32.7 Å². The van der Waals surface area contributed by atoms with Gasteiger partial charge in [-0.15, -0.1) is 0 Å². The second-order valence-electron chi connectivity index (χ2n) is 13.4. The van der Waals surface area contributed by atoms with Gasteiger partial charge in [-0.3, -0.25) is 14.5 Å². The maximum absolute atomic E-state index is 15.2. The number of aromatic nitrogens is 1. The molecule has 1 aliphatic heterocycles. The van der Waals surface area contributed by atoms with E-state index in [-0.39, 0.29) is 33.9 Å². The molecule has 1 fully saturated rings. The summed E-state index contributed by atoms with van der Waals surface area (Å²) in [5.41, 5.74) is -1.55. The molecule has 4 aromatic carbocycles. The number of rotatable bonds is 8. The molecule has 254 valence electrons. The van der Waals surface area contributed by atoms with Crippen molar-refractivity contribution in [3.8, 4) is 11.1 Å². The minimum absolute atomic E-state index is 0.0371. The second-order valence-corrected chi connectivity index (χ2v) is 13.4. The molecule has 2 heterocycles. The van der Waals surface area contributed by atoms with Crippen LogP contribution in [0.25, 0.3) is 32.8 Å². The number of para-hydroxylation sites is 1. The molecule has 1 aromatic heterocycles. The van der Waals surface area contributed by atoms with Crippen molar-refractivity contribution >= 4 is 33.6 Å². The maximum atomic E-state index is 15.2.